The van der Waals surface area contributed by atoms with Gasteiger partial charge in [-0.05, 0) is 35.9 Å². The maximum absolute atomic E-state index is 13.3. The van der Waals surface area contributed by atoms with Crippen LogP contribution in [0.4, 0.5) is 5.69 Å². The molecule has 6 heteroatoms. The average Bonchev–Trinajstić information content (AvgIpc) is 2.90. The predicted molar refractivity (Wildman–Crippen MR) is 110 cm³/mol. The Bertz CT molecular complexity index is 1100. The fourth-order valence-corrected chi connectivity index (χ4v) is 3.83. The van der Waals surface area contributed by atoms with Crippen LogP contribution in [-0.4, -0.2) is 21.9 Å². The van der Waals surface area contributed by atoms with Crippen molar-refractivity contribution in [3.8, 4) is 5.75 Å². The first-order chi connectivity index (χ1) is 13.9. The van der Waals surface area contributed by atoms with E-state index in [1.54, 1.807) is 24.3 Å². The Labute approximate surface area is 172 Å². The summed E-state index contributed by atoms with van der Waals surface area (Å²) in [6.45, 7) is 0.251. The molecular formula is C23H18ClNO4. The van der Waals surface area contributed by atoms with Gasteiger partial charge in [0, 0.05) is 10.6 Å². The van der Waals surface area contributed by atoms with Crippen LogP contribution in [0, 0.1) is 0 Å². The van der Waals surface area contributed by atoms with Gasteiger partial charge < -0.3 is 15.1 Å². The number of Topliss-reactive ketones (excluding diaryl/α,β-unsaturated/α-hetero) is 1. The number of fused-ring (bicyclic) bond motifs is 1. The third-order valence-electron chi connectivity index (χ3n) is 5.10. The average molecular weight is 408 g/mol. The fraction of sp³-hybridized carbons (Fsp3) is 0.130. The van der Waals surface area contributed by atoms with Gasteiger partial charge in [-0.15, -0.1) is 0 Å². The van der Waals surface area contributed by atoms with Crippen molar-refractivity contribution in [2.24, 2.45) is 0 Å². The molecule has 2 N–H and O–H groups in total. The predicted octanol–water partition coefficient (Wildman–Crippen LogP) is 4.05. The summed E-state index contributed by atoms with van der Waals surface area (Å²) in [5.41, 5.74) is -0.323. The Morgan fingerprint density at radius 3 is 2.41 bits per heavy atom. The molecule has 29 heavy (non-hydrogen) atoms. The van der Waals surface area contributed by atoms with Crippen LogP contribution in [-0.2, 0) is 16.9 Å². The molecule has 4 rings (SSSR count). The first kappa shape index (κ1) is 19.2. The molecule has 1 heterocycles. The van der Waals surface area contributed by atoms with Gasteiger partial charge in [0.05, 0.1) is 24.2 Å². The quantitative estimate of drug-likeness (QED) is 0.625. The van der Waals surface area contributed by atoms with Crippen molar-refractivity contribution in [2.45, 2.75) is 18.6 Å². The molecule has 0 bridgehead atoms. The van der Waals surface area contributed by atoms with Gasteiger partial charge in [-0.25, -0.2) is 0 Å². The maximum atomic E-state index is 13.3. The number of aromatic hydroxyl groups is 1. The first-order valence-electron chi connectivity index (χ1n) is 9.09. The summed E-state index contributed by atoms with van der Waals surface area (Å²) in [6.07, 6.45) is -0.498. The molecule has 0 fully saturated rings. The largest absolute Gasteiger partial charge is 0.507 e. The van der Waals surface area contributed by atoms with Gasteiger partial charge in [0.25, 0.3) is 5.91 Å². The van der Waals surface area contributed by atoms with Crippen LogP contribution >= 0.6 is 11.6 Å². The highest BCUT2D eigenvalue weighted by atomic mass is 35.5. The number of carbonyl (C=O) groups is 2. The number of ketones is 1. The second kappa shape index (κ2) is 7.35. The SMILES string of the molecule is O=C(C[C@@]1(O)C(=O)N(Cc2ccccc2)c2ccc(Cl)cc21)c1ccccc1O. The van der Waals surface area contributed by atoms with Crippen LogP contribution in [0.25, 0.3) is 0 Å². The highest BCUT2D eigenvalue weighted by molar-refractivity contribution is 6.31. The highest BCUT2D eigenvalue weighted by Gasteiger charge is 2.51. The lowest BCUT2D eigenvalue weighted by molar-refractivity contribution is -0.136. The molecule has 0 aliphatic carbocycles. The second-order valence-corrected chi connectivity index (χ2v) is 7.45. The summed E-state index contributed by atoms with van der Waals surface area (Å²) in [6, 6.07) is 20.3. The molecule has 146 valence electrons. The van der Waals surface area contributed by atoms with Gasteiger partial charge in [-0.3, -0.25) is 9.59 Å². The minimum absolute atomic E-state index is 0.0545. The number of amides is 1. The Kier molecular flexibility index (Phi) is 4.86. The van der Waals surface area contributed by atoms with E-state index in [-0.39, 0.29) is 23.4 Å². The molecule has 1 amide bonds. The number of halogens is 1. The first-order valence-corrected chi connectivity index (χ1v) is 9.47. The van der Waals surface area contributed by atoms with E-state index in [1.165, 1.54) is 23.1 Å². The van der Waals surface area contributed by atoms with Crippen molar-refractivity contribution < 1.29 is 19.8 Å². The number of para-hydroxylation sites is 1. The lowest BCUT2D eigenvalue weighted by Gasteiger charge is -2.23. The highest BCUT2D eigenvalue weighted by Crippen LogP contribution is 2.45. The smallest absolute Gasteiger partial charge is 0.264 e. The van der Waals surface area contributed by atoms with Gasteiger partial charge >= 0.3 is 0 Å². The molecule has 3 aromatic carbocycles. The zero-order valence-corrected chi connectivity index (χ0v) is 16.1. The summed E-state index contributed by atoms with van der Waals surface area (Å²) < 4.78 is 0. The van der Waals surface area contributed by atoms with Crippen LogP contribution in [0.1, 0.15) is 27.9 Å². The van der Waals surface area contributed by atoms with E-state index in [4.69, 9.17) is 11.6 Å². The van der Waals surface area contributed by atoms with Crippen molar-refractivity contribution in [1.82, 2.24) is 0 Å². The van der Waals surface area contributed by atoms with Crippen LogP contribution < -0.4 is 4.90 Å². The number of rotatable bonds is 5. The molecule has 0 radical (unpaired) electrons. The number of phenols is 1. The molecule has 3 aromatic rings. The van der Waals surface area contributed by atoms with Crippen LogP contribution in [0.15, 0.2) is 72.8 Å². The number of hydrogen-bond acceptors (Lipinski definition) is 4. The summed E-state index contributed by atoms with van der Waals surface area (Å²) in [5, 5.41) is 21.7. The Hall–Kier alpha value is -3.15. The maximum Gasteiger partial charge on any atom is 0.264 e. The van der Waals surface area contributed by atoms with E-state index < -0.39 is 23.7 Å². The van der Waals surface area contributed by atoms with Crippen molar-refractivity contribution in [1.29, 1.82) is 0 Å². The van der Waals surface area contributed by atoms with E-state index in [0.29, 0.717) is 10.7 Å². The summed E-state index contributed by atoms with van der Waals surface area (Å²) in [7, 11) is 0. The number of aliphatic hydroxyl groups is 1. The topological polar surface area (TPSA) is 77.8 Å². The molecule has 1 aliphatic rings. The standard InChI is InChI=1S/C23H18ClNO4/c24-16-10-11-19-18(12-16)23(29,13-21(27)17-8-4-5-9-20(17)26)22(28)25(19)14-15-6-2-1-3-7-15/h1-12,26,29H,13-14H2/t23-/m0/s1. The molecule has 5 nitrogen and oxygen atoms in total. The number of nitrogens with zero attached hydrogens (tertiary/aromatic N) is 1. The number of carbonyl (C=O) groups excluding carboxylic acids is 2. The number of benzene rings is 3. The van der Waals surface area contributed by atoms with Crippen LogP contribution in [0.5, 0.6) is 5.75 Å². The Balaban J connectivity index is 1.73. The van der Waals surface area contributed by atoms with Crippen molar-refractivity contribution in [2.75, 3.05) is 4.90 Å². The minimum atomic E-state index is -2.06. The molecule has 0 spiro atoms. The van der Waals surface area contributed by atoms with E-state index in [2.05, 4.69) is 0 Å². The molecule has 1 aliphatic heterocycles. The number of hydrogen-bond donors (Lipinski definition) is 2. The number of anilines is 1. The van der Waals surface area contributed by atoms with Gasteiger partial charge in [0.2, 0.25) is 0 Å². The summed E-state index contributed by atoms with van der Waals surface area (Å²) in [4.78, 5) is 27.5. The van der Waals surface area contributed by atoms with Crippen LogP contribution in [0.3, 0.4) is 0 Å². The zero-order valence-electron chi connectivity index (χ0n) is 15.4. The van der Waals surface area contributed by atoms with Gasteiger partial charge in [-0.1, -0.05) is 54.1 Å². The molecular weight excluding hydrogens is 390 g/mol. The van der Waals surface area contributed by atoms with Crippen molar-refractivity contribution in [3.05, 3.63) is 94.5 Å². The van der Waals surface area contributed by atoms with Crippen molar-refractivity contribution in [3.63, 3.8) is 0 Å². The number of phenolic OH excluding ortho intramolecular Hbond substituents is 1. The minimum Gasteiger partial charge on any atom is -0.507 e. The Morgan fingerprint density at radius 2 is 1.69 bits per heavy atom. The van der Waals surface area contributed by atoms with E-state index in [0.717, 1.165) is 5.56 Å². The van der Waals surface area contributed by atoms with Gasteiger partial charge in [0.1, 0.15) is 5.75 Å². The third kappa shape index (κ3) is 3.39. The molecule has 1 atom stereocenters. The molecule has 0 aromatic heterocycles. The third-order valence-corrected chi connectivity index (χ3v) is 5.33. The van der Waals surface area contributed by atoms with E-state index in [9.17, 15) is 19.8 Å². The summed E-state index contributed by atoms with van der Waals surface area (Å²) >= 11 is 6.12. The van der Waals surface area contributed by atoms with Crippen LogP contribution in [0.2, 0.25) is 5.02 Å². The monoisotopic (exact) mass is 407 g/mol. The summed E-state index contributed by atoms with van der Waals surface area (Å²) in [5.74, 6) is -1.33. The fourth-order valence-electron chi connectivity index (χ4n) is 3.65. The lowest BCUT2D eigenvalue weighted by atomic mass is 9.88. The molecule has 0 saturated heterocycles. The second-order valence-electron chi connectivity index (χ2n) is 7.02. The van der Waals surface area contributed by atoms with E-state index >= 15 is 0 Å². The zero-order chi connectivity index (χ0) is 20.6. The molecule has 0 unspecified atom stereocenters. The Morgan fingerprint density at radius 1 is 1.00 bits per heavy atom. The van der Waals surface area contributed by atoms with Crippen molar-refractivity contribution >= 4 is 29.0 Å². The normalized spacial score (nSPS) is 18.0. The van der Waals surface area contributed by atoms with Gasteiger partial charge in [0.15, 0.2) is 11.4 Å². The molecule has 0 saturated carbocycles. The van der Waals surface area contributed by atoms with E-state index in [1.807, 2.05) is 30.3 Å². The van der Waals surface area contributed by atoms with Gasteiger partial charge in [-0.2, -0.15) is 0 Å². The lowest BCUT2D eigenvalue weighted by Crippen LogP contribution is -2.41.